The Morgan fingerprint density at radius 3 is 2.67 bits per heavy atom. The molecule has 110 valence electrons. The molecule has 2 heterocycles. The van der Waals surface area contributed by atoms with Gasteiger partial charge in [0, 0.05) is 18.8 Å². The van der Waals surface area contributed by atoms with Crippen LogP contribution < -0.4 is 4.90 Å². The van der Waals surface area contributed by atoms with Crippen molar-refractivity contribution < 1.29 is 5.11 Å². The molecule has 0 saturated carbocycles. The zero-order chi connectivity index (χ0) is 14.5. The molecule has 1 aromatic heterocycles. The van der Waals surface area contributed by atoms with Gasteiger partial charge in [0.1, 0.15) is 10.8 Å². The van der Waals surface area contributed by atoms with E-state index in [-0.39, 0.29) is 6.10 Å². The van der Waals surface area contributed by atoms with Crippen LogP contribution in [0.5, 0.6) is 0 Å². The minimum absolute atomic E-state index is 0.162. The van der Waals surface area contributed by atoms with Crippen molar-refractivity contribution in [3.8, 4) is 0 Å². The fourth-order valence-corrected chi connectivity index (χ4v) is 3.19. The van der Waals surface area contributed by atoms with E-state index >= 15 is 0 Å². The summed E-state index contributed by atoms with van der Waals surface area (Å²) in [5, 5.41) is 10.5. The van der Waals surface area contributed by atoms with Crippen molar-refractivity contribution in [2.24, 2.45) is 0 Å². The Hall–Kier alpha value is -1.59. The lowest BCUT2D eigenvalue weighted by atomic mass is 10.1. The van der Waals surface area contributed by atoms with Crippen LogP contribution in [0.25, 0.3) is 0 Å². The number of hydrogen-bond donors (Lipinski definition) is 1. The van der Waals surface area contributed by atoms with Gasteiger partial charge in [-0.3, -0.25) is 4.98 Å². The molecular formula is C16H19N3OS. The molecule has 1 saturated heterocycles. The summed E-state index contributed by atoms with van der Waals surface area (Å²) in [6.07, 6.45) is 5.08. The van der Waals surface area contributed by atoms with E-state index in [0.29, 0.717) is 0 Å². The number of benzene rings is 1. The van der Waals surface area contributed by atoms with Crippen molar-refractivity contribution in [1.82, 2.24) is 9.97 Å². The Labute approximate surface area is 129 Å². The van der Waals surface area contributed by atoms with E-state index in [9.17, 15) is 5.11 Å². The number of nitrogens with zero attached hydrogens (tertiary/aromatic N) is 3. The molecule has 5 heteroatoms. The smallest absolute Gasteiger partial charge is 0.148 e. The second kappa shape index (κ2) is 6.91. The van der Waals surface area contributed by atoms with Gasteiger partial charge in [-0.05, 0) is 18.4 Å². The number of aliphatic hydroxyl groups excluding tert-OH is 1. The first kappa shape index (κ1) is 14.4. The lowest BCUT2D eigenvalue weighted by Crippen LogP contribution is -2.36. The fourth-order valence-electron chi connectivity index (χ4n) is 2.39. The summed E-state index contributed by atoms with van der Waals surface area (Å²) < 4.78 is 0. The van der Waals surface area contributed by atoms with Gasteiger partial charge in [0.05, 0.1) is 18.5 Å². The zero-order valence-electron chi connectivity index (χ0n) is 11.9. The SMILES string of the molecule is OC1CCN(c2cncc(SCc3ccccc3)n2)CC1. The highest BCUT2D eigenvalue weighted by atomic mass is 32.2. The molecule has 1 N–H and O–H groups in total. The Kier molecular flexibility index (Phi) is 4.72. The maximum Gasteiger partial charge on any atom is 0.148 e. The maximum atomic E-state index is 9.57. The quantitative estimate of drug-likeness (QED) is 0.880. The third kappa shape index (κ3) is 3.95. The molecule has 0 aliphatic carbocycles. The van der Waals surface area contributed by atoms with E-state index < -0.39 is 0 Å². The van der Waals surface area contributed by atoms with Crippen molar-refractivity contribution in [3.05, 3.63) is 48.3 Å². The van der Waals surface area contributed by atoms with Crippen LogP contribution in [0, 0.1) is 0 Å². The van der Waals surface area contributed by atoms with Crippen molar-refractivity contribution >= 4 is 17.6 Å². The second-order valence-electron chi connectivity index (χ2n) is 5.21. The first-order valence-corrected chi connectivity index (χ1v) is 8.21. The molecule has 1 aromatic carbocycles. The van der Waals surface area contributed by atoms with E-state index in [1.807, 2.05) is 18.5 Å². The molecule has 2 aromatic rings. The summed E-state index contributed by atoms with van der Waals surface area (Å²) in [6.45, 7) is 1.70. The van der Waals surface area contributed by atoms with Gasteiger partial charge < -0.3 is 10.0 Å². The van der Waals surface area contributed by atoms with E-state index in [4.69, 9.17) is 0 Å². The van der Waals surface area contributed by atoms with Crippen molar-refractivity contribution in [2.45, 2.75) is 29.7 Å². The minimum atomic E-state index is -0.162. The molecule has 0 unspecified atom stereocenters. The fraction of sp³-hybridized carbons (Fsp3) is 0.375. The van der Waals surface area contributed by atoms with E-state index in [2.05, 4.69) is 39.1 Å². The molecular weight excluding hydrogens is 282 g/mol. The number of aliphatic hydroxyl groups is 1. The number of hydrogen-bond acceptors (Lipinski definition) is 5. The van der Waals surface area contributed by atoms with Crippen LogP contribution in [0.3, 0.4) is 0 Å². The van der Waals surface area contributed by atoms with Gasteiger partial charge in [0.15, 0.2) is 0 Å². The summed E-state index contributed by atoms with van der Waals surface area (Å²) in [5.41, 5.74) is 1.29. The highest BCUT2D eigenvalue weighted by molar-refractivity contribution is 7.98. The van der Waals surface area contributed by atoms with Gasteiger partial charge in [0.25, 0.3) is 0 Å². The standard InChI is InChI=1S/C16H19N3OS/c20-14-6-8-19(9-7-14)15-10-17-11-16(18-15)21-12-13-4-2-1-3-5-13/h1-5,10-11,14,20H,6-9,12H2. The first-order chi connectivity index (χ1) is 10.3. The minimum Gasteiger partial charge on any atom is -0.393 e. The molecule has 21 heavy (non-hydrogen) atoms. The number of aromatic nitrogens is 2. The van der Waals surface area contributed by atoms with Crippen LogP contribution in [0.4, 0.5) is 5.82 Å². The zero-order valence-corrected chi connectivity index (χ0v) is 12.7. The molecule has 0 radical (unpaired) electrons. The Bertz CT molecular complexity index is 571. The molecule has 1 fully saturated rings. The largest absolute Gasteiger partial charge is 0.393 e. The van der Waals surface area contributed by atoms with Gasteiger partial charge in [-0.15, -0.1) is 11.8 Å². The van der Waals surface area contributed by atoms with Crippen LogP contribution >= 0.6 is 11.8 Å². The Morgan fingerprint density at radius 2 is 1.90 bits per heavy atom. The number of thioether (sulfide) groups is 1. The molecule has 4 nitrogen and oxygen atoms in total. The van der Waals surface area contributed by atoms with Crippen LogP contribution in [-0.2, 0) is 5.75 Å². The highest BCUT2D eigenvalue weighted by Gasteiger charge is 2.18. The lowest BCUT2D eigenvalue weighted by molar-refractivity contribution is 0.145. The highest BCUT2D eigenvalue weighted by Crippen LogP contribution is 2.23. The normalized spacial score (nSPS) is 16.1. The summed E-state index contributed by atoms with van der Waals surface area (Å²) in [4.78, 5) is 11.2. The average Bonchev–Trinajstić information content (AvgIpc) is 2.55. The van der Waals surface area contributed by atoms with Gasteiger partial charge in [-0.25, -0.2) is 4.98 Å². The third-order valence-corrected chi connectivity index (χ3v) is 4.59. The van der Waals surface area contributed by atoms with Gasteiger partial charge in [-0.1, -0.05) is 30.3 Å². The molecule has 3 rings (SSSR count). The van der Waals surface area contributed by atoms with Crippen LogP contribution in [0.2, 0.25) is 0 Å². The van der Waals surface area contributed by atoms with Gasteiger partial charge >= 0.3 is 0 Å². The topological polar surface area (TPSA) is 49.2 Å². The Balaban J connectivity index is 1.63. The Morgan fingerprint density at radius 1 is 1.14 bits per heavy atom. The van der Waals surface area contributed by atoms with Gasteiger partial charge in [0.2, 0.25) is 0 Å². The lowest BCUT2D eigenvalue weighted by Gasteiger charge is -2.30. The van der Waals surface area contributed by atoms with E-state index in [0.717, 1.165) is 42.5 Å². The predicted molar refractivity (Wildman–Crippen MR) is 85.5 cm³/mol. The molecule has 1 aliphatic heterocycles. The molecule has 0 atom stereocenters. The number of piperidine rings is 1. The molecule has 1 aliphatic rings. The summed E-state index contributed by atoms with van der Waals surface area (Å²) in [7, 11) is 0. The van der Waals surface area contributed by atoms with Crippen molar-refractivity contribution in [2.75, 3.05) is 18.0 Å². The molecule has 0 spiro atoms. The molecule has 0 amide bonds. The number of anilines is 1. The summed E-state index contributed by atoms with van der Waals surface area (Å²) in [5.74, 6) is 1.82. The van der Waals surface area contributed by atoms with Crippen LogP contribution in [-0.4, -0.2) is 34.3 Å². The number of rotatable bonds is 4. The maximum absolute atomic E-state index is 9.57. The monoisotopic (exact) mass is 301 g/mol. The van der Waals surface area contributed by atoms with Gasteiger partial charge in [-0.2, -0.15) is 0 Å². The summed E-state index contributed by atoms with van der Waals surface area (Å²) in [6, 6.07) is 10.4. The van der Waals surface area contributed by atoms with E-state index in [1.54, 1.807) is 11.8 Å². The van der Waals surface area contributed by atoms with E-state index in [1.165, 1.54) is 5.56 Å². The first-order valence-electron chi connectivity index (χ1n) is 7.23. The average molecular weight is 301 g/mol. The summed E-state index contributed by atoms with van der Waals surface area (Å²) >= 11 is 1.70. The second-order valence-corrected chi connectivity index (χ2v) is 6.20. The molecule has 0 bridgehead atoms. The van der Waals surface area contributed by atoms with Crippen LogP contribution in [0.1, 0.15) is 18.4 Å². The van der Waals surface area contributed by atoms with Crippen molar-refractivity contribution in [3.63, 3.8) is 0 Å². The third-order valence-electron chi connectivity index (χ3n) is 3.62. The van der Waals surface area contributed by atoms with Crippen molar-refractivity contribution in [1.29, 1.82) is 0 Å². The predicted octanol–water partition coefficient (Wildman–Crippen LogP) is 2.73. The van der Waals surface area contributed by atoms with Crippen LogP contribution in [0.15, 0.2) is 47.8 Å².